The van der Waals surface area contributed by atoms with E-state index < -0.39 is 17.7 Å². The maximum atomic E-state index is 12.7. The SMILES string of the molecule is C=C=C[C@@](O)(C1CCCCC1)C(F)(F)F. The van der Waals surface area contributed by atoms with Gasteiger partial charge in [0.05, 0.1) is 0 Å². The minimum atomic E-state index is -4.64. The molecular weight excluding hydrogens is 205 g/mol. The highest BCUT2D eigenvalue weighted by Crippen LogP contribution is 2.43. The van der Waals surface area contributed by atoms with Crippen LogP contribution in [0.3, 0.4) is 0 Å². The molecular formula is C11H15F3O. The molecule has 4 heteroatoms. The Hall–Kier alpha value is -0.730. The van der Waals surface area contributed by atoms with Gasteiger partial charge < -0.3 is 5.11 Å². The van der Waals surface area contributed by atoms with E-state index >= 15 is 0 Å². The zero-order valence-corrected chi connectivity index (χ0v) is 8.48. The van der Waals surface area contributed by atoms with Crippen LogP contribution in [0.5, 0.6) is 0 Å². The fraction of sp³-hybridized carbons (Fsp3) is 0.727. The van der Waals surface area contributed by atoms with Crippen LogP contribution in [0.4, 0.5) is 13.2 Å². The highest BCUT2D eigenvalue weighted by Gasteiger charge is 2.56. The van der Waals surface area contributed by atoms with Gasteiger partial charge in [0.15, 0.2) is 5.60 Å². The first-order chi connectivity index (χ1) is 6.92. The molecule has 1 aliphatic carbocycles. The minimum Gasteiger partial charge on any atom is -0.376 e. The zero-order chi connectivity index (χ0) is 11.5. The first kappa shape index (κ1) is 12.3. The molecule has 0 amide bonds. The van der Waals surface area contributed by atoms with Crippen molar-refractivity contribution in [2.45, 2.75) is 43.9 Å². The number of halogens is 3. The van der Waals surface area contributed by atoms with Crippen molar-refractivity contribution in [1.29, 1.82) is 0 Å². The third-order valence-corrected chi connectivity index (χ3v) is 3.00. The molecule has 1 aliphatic rings. The Balaban J connectivity index is 2.94. The van der Waals surface area contributed by atoms with E-state index in [1.807, 2.05) is 0 Å². The van der Waals surface area contributed by atoms with Gasteiger partial charge >= 0.3 is 6.18 Å². The quantitative estimate of drug-likeness (QED) is 0.708. The van der Waals surface area contributed by atoms with Crippen molar-refractivity contribution in [2.75, 3.05) is 0 Å². The summed E-state index contributed by atoms with van der Waals surface area (Å²) in [6.45, 7) is 3.11. The lowest BCUT2D eigenvalue weighted by atomic mass is 9.76. The second-order valence-corrected chi connectivity index (χ2v) is 4.01. The molecule has 1 fully saturated rings. The van der Waals surface area contributed by atoms with Gasteiger partial charge in [-0.2, -0.15) is 13.2 Å². The monoisotopic (exact) mass is 220 g/mol. The fourth-order valence-electron chi connectivity index (χ4n) is 2.13. The highest BCUT2D eigenvalue weighted by molar-refractivity contribution is 5.08. The molecule has 0 spiro atoms. The molecule has 0 saturated heterocycles. The molecule has 0 bridgehead atoms. The molecule has 1 N–H and O–H groups in total. The van der Waals surface area contributed by atoms with Crippen molar-refractivity contribution < 1.29 is 18.3 Å². The van der Waals surface area contributed by atoms with E-state index in [4.69, 9.17) is 0 Å². The summed E-state index contributed by atoms with van der Waals surface area (Å²) in [5.41, 5.74) is -0.674. The van der Waals surface area contributed by atoms with Gasteiger partial charge in [0.25, 0.3) is 0 Å². The maximum absolute atomic E-state index is 12.7. The Kier molecular flexibility index (Phi) is 3.63. The molecule has 1 rings (SSSR count). The van der Waals surface area contributed by atoms with Gasteiger partial charge in [-0.3, -0.25) is 0 Å². The summed E-state index contributed by atoms with van der Waals surface area (Å²) in [7, 11) is 0. The Bertz CT molecular complexity index is 259. The standard InChI is InChI=1S/C11H15F3O/c1-2-8-10(15,11(12,13)14)9-6-4-3-5-7-9/h8-9,15H,1,3-7H2/t10-/m1/s1. The first-order valence-corrected chi connectivity index (χ1v) is 5.08. The molecule has 1 atom stereocenters. The first-order valence-electron chi connectivity index (χ1n) is 5.08. The van der Waals surface area contributed by atoms with Gasteiger partial charge in [0.1, 0.15) is 0 Å². The largest absolute Gasteiger partial charge is 0.421 e. The molecule has 0 radical (unpaired) electrons. The highest BCUT2D eigenvalue weighted by atomic mass is 19.4. The molecule has 0 aromatic heterocycles. The van der Waals surface area contributed by atoms with Crippen LogP contribution >= 0.6 is 0 Å². The molecule has 0 aliphatic heterocycles. The molecule has 0 heterocycles. The van der Waals surface area contributed by atoms with Crippen LogP contribution in [-0.2, 0) is 0 Å². The lowest BCUT2D eigenvalue weighted by Crippen LogP contribution is -2.50. The summed E-state index contributed by atoms with van der Waals surface area (Å²) >= 11 is 0. The molecule has 0 aromatic carbocycles. The lowest BCUT2D eigenvalue weighted by Gasteiger charge is -2.36. The van der Waals surface area contributed by atoms with Crippen molar-refractivity contribution in [3.63, 3.8) is 0 Å². The summed E-state index contributed by atoms with van der Waals surface area (Å²) in [6, 6.07) is 0. The van der Waals surface area contributed by atoms with Crippen molar-refractivity contribution >= 4 is 0 Å². The second kappa shape index (κ2) is 4.42. The molecule has 15 heavy (non-hydrogen) atoms. The maximum Gasteiger partial charge on any atom is 0.421 e. The van der Waals surface area contributed by atoms with E-state index in [-0.39, 0.29) is 0 Å². The van der Waals surface area contributed by atoms with Gasteiger partial charge in [0, 0.05) is 5.92 Å². The number of hydrogen-bond donors (Lipinski definition) is 1. The van der Waals surface area contributed by atoms with E-state index in [9.17, 15) is 18.3 Å². The van der Waals surface area contributed by atoms with Crippen LogP contribution in [0.2, 0.25) is 0 Å². The number of aliphatic hydroxyl groups is 1. The van der Waals surface area contributed by atoms with Gasteiger partial charge in [-0.25, -0.2) is 0 Å². The van der Waals surface area contributed by atoms with E-state index in [0.717, 1.165) is 19.3 Å². The van der Waals surface area contributed by atoms with Crippen LogP contribution in [0.15, 0.2) is 18.4 Å². The number of hydrogen-bond acceptors (Lipinski definition) is 1. The van der Waals surface area contributed by atoms with Gasteiger partial charge in [-0.15, -0.1) is 5.73 Å². The summed E-state index contributed by atoms with van der Waals surface area (Å²) in [5, 5.41) is 9.69. The Labute approximate surface area is 87.3 Å². The van der Waals surface area contributed by atoms with Gasteiger partial charge in [-0.05, 0) is 18.9 Å². The molecule has 1 saturated carbocycles. The molecule has 0 unspecified atom stereocenters. The van der Waals surface area contributed by atoms with Crippen LogP contribution in [0.25, 0.3) is 0 Å². The molecule has 0 aromatic rings. The smallest absolute Gasteiger partial charge is 0.376 e. The molecule has 86 valence electrons. The Morgan fingerprint density at radius 1 is 1.20 bits per heavy atom. The number of rotatable bonds is 2. The Morgan fingerprint density at radius 3 is 2.13 bits per heavy atom. The minimum absolute atomic E-state index is 0.411. The Morgan fingerprint density at radius 2 is 1.73 bits per heavy atom. The van der Waals surface area contributed by atoms with Crippen molar-refractivity contribution in [2.24, 2.45) is 5.92 Å². The lowest BCUT2D eigenvalue weighted by molar-refractivity contribution is -0.260. The van der Waals surface area contributed by atoms with E-state index in [2.05, 4.69) is 12.3 Å². The van der Waals surface area contributed by atoms with Gasteiger partial charge in [0.2, 0.25) is 0 Å². The van der Waals surface area contributed by atoms with Crippen LogP contribution in [0.1, 0.15) is 32.1 Å². The van der Waals surface area contributed by atoms with Gasteiger partial charge in [-0.1, -0.05) is 25.8 Å². The number of alkyl halides is 3. The normalized spacial score (nSPS) is 22.9. The zero-order valence-electron chi connectivity index (χ0n) is 8.48. The summed E-state index contributed by atoms with van der Waals surface area (Å²) in [5.74, 6) is -0.750. The second-order valence-electron chi connectivity index (χ2n) is 4.01. The average molecular weight is 220 g/mol. The van der Waals surface area contributed by atoms with Crippen LogP contribution in [-0.4, -0.2) is 16.9 Å². The van der Waals surface area contributed by atoms with Crippen molar-refractivity contribution in [3.8, 4) is 0 Å². The van der Waals surface area contributed by atoms with Crippen molar-refractivity contribution in [1.82, 2.24) is 0 Å². The topological polar surface area (TPSA) is 20.2 Å². The van der Waals surface area contributed by atoms with Crippen LogP contribution in [0, 0.1) is 5.92 Å². The van der Waals surface area contributed by atoms with E-state index in [1.54, 1.807) is 0 Å². The summed E-state index contributed by atoms with van der Waals surface area (Å²) < 4.78 is 38.2. The fourth-order valence-corrected chi connectivity index (χ4v) is 2.13. The van der Waals surface area contributed by atoms with E-state index in [1.165, 1.54) is 0 Å². The van der Waals surface area contributed by atoms with Crippen LogP contribution < -0.4 is 0 Å². The molecule has 1 nitrogen and oxygen atoms in total. The summed E-state index contributed by atoms with van der Waals surface area (Å²) in [4.78, 5) is 0. The summed E-state index contributed by atoms with van der Waals surface area (Å²) in [6.07, 6.45) is -0.727. The van der Waals surface area contributed by atoms with Crippen molar-refractivity contribution in [3.05, 3.63) is 18.4 Å². The third-order valence-electron chi connectivity index (χ3n) is 3.00. The predicted octanol–water partition coefficient (Wildman–Crippen LogP) is 3.20. The predicted molar refractivity (Wildman–Crippen MR) is 51.3 cm³/mol. The van der Waals surface area contributed by atoms with E-state index in [0.29, 0.717) is 18.9 Å². The third kappa shape index (κ3) is 2.44. The average Bonchev–Trinajstić information content (AvgIpc) is 2.18.